The summed E-state index contributed by atoms with van der Waals surface area (Å²) in [5.41, 5.74) is 0. The number of nitrogens with zero attached hydrogens (tertiary/aromatic N) is 1. The van der Waals surface area contributed by atoms with E-state index < -0.39 is 0 Å². The second kappa shape index (κ2) is 7.85. The highest BCUT2D eigenvalue weighted by atomic mass is 16.1. The lowest BCUT2D eigenvalue weighted by atomic mass is 9.94. The highest BCUT2D eigenvalue weighted by Gasteiger charge is 2.21. The van der Waals surface area contributed by atoms with Crippen molar-refractivity contribution in [3.05, 3.63) is 0 Å². The number of nitrogens with one attached hydrogen (secondary N) is 2. The van der Waals surface area contributed by atoms with Crippen molar-refractivity contribution < 1.29 is 4.79 Å². The Balaban J connectivity index is 1.46. The Hall–Kier alpha value is -0.610. The Kier molecular flexibility index (Phi) is 6.11. The summed E-state index contributed by atoms with van der Waals surface area (Å²) in [6.07, 6.45) is 10.4. The molecule has 2 aliphatic carbocycles. The van der Waals surface area contributed by atoms with Crippen molar-refractivity contribution in [3.63, 3.8) is 0 Å². The number of hydrogen-bond acceptors (Lipinski definition) is 3. The van der Waals surface area contributed by atoms with Crippen molar-refractivity contribution in [2.24, 2.45) is 0 Å². The van der Waals surface area contributed by atoms with E-state index >= 15 is 0 Å². The van der Waals surface area contributed by atoms with Crippen molar-refractivity contribution in [2.45, 2.75) is 63.5 Å². The first kappa shape index (κ1) is 14.8. The fraction of sp³-hybridized carbons (Fsp3) is 0.933. The molecule has 4 nitrogen and oxygen atoms in total. The molecule has 0 bridgehead atoms. The molecule has 4 heteroatoms. The predicted molar refractivity (Wildman–Crippen MR) is 78.2 cm³/mol. The summed E-state index contributed by atoms with van der Waals surface area (Å²) in [5, 5.41) is 6.23. The van der Waals surface area contributed by atoms with Crippen LogP contribution in [0.15, 0.2) is 0 Å². The van der Waals surface area contributed by atoms with Crippen LogP contribution in [0.3, 0.4) is 0 Å². The van der Waals surface area contributed by atoms with Crippen LogP contribution < -0.4 is 10.6 Å². The van der Waals surface area contributed by atoms with E-state index in [1.54, 1.807) is 0 Å². The van der Waals surface area contributed by atoms with E-state index in [9.17, 15) is 4.79 Å². The Labute approximate surface area is 117 Å². The van der Waals surface area contributed by atoms with Crippen molar-refractivity contribution >= 4 is 5.91 Å². The van der Waals surface area contributed by atoms with Crippen LogP contribution in [0.25, 0.3) is 0 Å². The van der Waals surface area contributed by atoms with E-state index in [0.29, 0.717) is 12.6 Å². The third kappa shape index (κ3) is 5.91. The van der Waals surface area contributed by atoms with Gasteiger partial charge in [-0.1, -0.05) is 19.3 Å². The van der Waals surface area contributed by atoms with Gasteiger partial charge in [0.15, 0.2) is 0 Å². The second-order valence-corrected chi connectivity index (χ2v) is 6.13. The third-order valence-electron chi connectivity index (χ3n) is 4.34. The lowest BCUT2D eigenvalue weighted by Crippen LogP contribution is -2.38. The number of carbonyl (C=O) groups is 1. The minimum atomic E-state index is 0.146. The fourth-order valence-electron chi connectivity index (χ4n) is 2.85. The molecule has 0 aromatic heterocycles. The maximum absolute atomic E-state index is 11.5. The van der Waals surface area contributed by atoms with Gasteiger partial charge in [0.1, 0.15) is 0 Å². The lowest BCUT2D eigenvalue weighted by Gasteiger charge is -2.31. The molecular weight excluding hydrogens is 238 g/mol. The topological polar surface area (TPSA) is 44.4 Å². The Bertz CT molecular complexity index is 273. The number of amides is 1. The molecule has 0 atom stereocenters. The summed E-state index contributed by atoms with van der Waals surface area (Å²) in [6.45, 7) is 2.40. The molecule has 0 saturated heterocycles. The predicted octanol–water partition coefficient (Wildman–Crippen LogP) is 1.51. The van der Waals surface area contributed by atoms with Crippen molar-refractivity contribution in [1.29, 1.82) is 0 Å². The van der Waals surface area contributed by atoms with E-state index in [0.717, 1.165) is 25.6 Å². The molecule has 1 amide bonds. The van der Waals surface area contributed by atoms with Gasteiger partial charge in [0.05, 0.1) is 6.54 Å². The zero-order valence-corrected chi connectivity index (χ0v) is 12.3. The normalized spacial score (nSPS) is 20.7. The van der Waals surface area contributed by atoms with Gasteiger partial charge in [-0.2, -0.15) is 0 Å². The minimum absolute atomic E-state index is 0.146. The molecule has 110 valence electrons. The Morgan fingerprint density at radius 1 is 1.16 bits per heavy atom. The van der Waals surface area contributed by atoms with E-state index in [4.69, 9.17) is 0 Å². The average molecular weight is 267 g/mol. The van der Waals surface area contributed by atoms with Gasteiger partial charge in [-0.25, -0.2) is 0 Å². The second-order valence-electron chi connectivity index (χ2n) is 6.13. The maximum atomic E-state index is 11.5. The summed E-state index contributed by atoms with van der Waals surface area (Å²) in [6, 6.07) is 1.39. The smallest absolute Gasteiger partial charge is 0.233 e. The third-order valence-corrected chi connectivity index (χ3v) is 4.34. The Morgan fingerprint density at radius 3 is 2.58 bits per heavy atom. The van der Waals surface area contributed by atoms with Crippen LogP contribution in [-0.2, 0) is 4.79 Å². The molecule has 0 unspecified atom stereocenters. The summed E-state index contributed by atoms with van der Waals surface area (Å²) < 4.78 is 0. The van der Waals surface area contributed by atoms with Gasteiger partial charge >= 0.3 is 0 Å². The molecule has 2 N–H and O–H groups in total. The van der Waals surface area contributed by atoms with Crippen LogP contribution in [0.4, 0.5) is 0 Å². The largest absolute Gasteiger partial charge is 0.355 e. The summed E-state index contributed by atoms with van der Waals surface area (Å²) in [7, 11) is 2.23. The standard InChI is InChI=1S/C15H29N3O/c1-18(14-6-3-2-4-7-14)11-5-10-16-15(19)12-17-13-8-9-13/h13-14,17H,2-12H2,1H3,(H,16,19). The molecule has 0 aliphatic heterocycles. The zero-order chi connectivity index (χ0) is 13.5. The summed E-state index contributed by atoms with van der Waals surface area (Å²) in [4.78, 5) is 14.0. The fourth-order valence-corrected chi connectivity index (χ4v) is 2.85. The van der Waals surface area contributed by atoms with Gasteiger partial charge in [0, 0.05) is 18.6 Å². The molecule has 0 aromatic rings. The lowest BCUT2D eigenvalue weighted by molar-refractivity contribution is -0.120. The number of hydrogen-bond donors (Lipinski definition) is 2. The molecule has 2 aliphatic rings. The Morgan fingerprint density at radius 2 is 1.89 bits per heavy atom. The first-order valence-electron chi connectivity index (χ1n) is 7.96. The zero-order valence-electron chi connectivity index (χ0n) is 12.3. The van der Waals surface area contributed by atoms with Gasteiger partial charge in [-0.05, 0) is 45.7 Å². The molecule has 0 spiro atoms. The molecular formula is C15H29N3O. The summed E-state index contributed by atoms with van der Waals surface area (Å²) >= 11 is 0. The average Bonchev–Trinajstić information content (AvgIpc) is 3.26. The monoisotopic (exact) mass is 267 g/mol. The number of carbonyl (C=O) groups excluding carboxylic acids is 1. The highest BCUT2D eigenvalue weighted by Crippen LogP contribution is 2.21. The minimum Gasteiger partial charge on any atom is -0.355 e. The molecule has 2 fully saturated rings. The highest BCUT2D eigenvalue weighted by molar-refractivity contribution is 5.78. The van der Waals surface area contributed by atoms with Crippen molar-refractivity contribution in [1.82, 2.24) is 15.5 Å². The van der Waals surface area contributed by atoms with Crippen LogP contribution in [0, 0.1) is 0 Å². The molecule has 19 heavy (non-hydrogen) atoms. The van der Waals surface area contributed by atoms with E-state index in [1.165, 1.54) is 44.9 Å². The van der Waals surface area contributed by atoms with Gasteiger partial charge in [0.2, 0.25) is 5.91 Å². The van der Waals surface area contributed by atoms with Crippen molar-refractivity contribution in [2.75, 3.05) is 26.7 Å². The molecule has 2 saturated carbocycles. The van der Waals surface area contributed by atoms with Crippen LogP contribution >= 0.6 is 0 Å². The van der Waals surface area contributed by atoms with Crippen molar-refractivity contribution in [3.8, 4) is 0 Å². The van der Waals surface area contributed by atoms with Gasteiger partial charge in [-0.15, -0.1) is 0 Å². The molecule has 2 rings (SSSR count). The molecule has 0 heterocycles. The summed E-state index contributed by atoms with van der Waals surface area (Å²) in [5.74, 6) is 0.146. The number of rotatable bonds is 8. The molecule has 0 aromatic carbocycles. The van der Waals surface area contributed by atoms with Crippen LogP contribution in [0.5, 0.6) is 0 Å². The van der Waals surface area contributed by atoms with Crippen LogP contribution in [0.1, 0.15) is 51.4 Å². The van der Waals surface area contributed by atoms with E-state index in [1.807, 2.05) is 0 Å². The first-order chi connectivity index (χ1) is 9.25. The van der Waals surface area contributed by atoms with Gasteiger partial charge in [-0.3, -0.25) is 4.79 Å². The van der Waals surface area contributed by atoms with E-state index in [2.05, 4.69) is 22.6 Å². The van der Waals surface area contributed by atoms with E-state index in [-0.39, 0.29) is 5.91 Å². The molecule has 0 radical (unpaired) electrons. The van der Waals surface area contributed by atoms with Gasteiger partial charge in [0.25, 0.3) is 0 Å². The quantitative estimate of drug-likeness (QED) is 0.655. The first-order valence-corrected chi connectivity index (χ1v) is 7.96. The van der Waals surface area contributed by atoms with Crippen LogP contribution in [-0.4, -0.2) is 49.6 Å². The van der Waals surface area contributed by atoms with Gasteiger partial charge < -0.3 is 15.5 Å². The van der Waals surface area contributed by atoms with Crippen LogP contribution in [0.2, 0.25) is 0 Å². The maximum Gasteiger partial charge on any atom is 0.233 e. The SMILES string of the molecule is CN(CCCNC(=O)CNC1CC1)C1CCCCC1.